The molecule has 122 valence electrons. The smallest absolute Gasteiger partial charge is 0.307 e. The van der Waals surface area contributed by atoms with Crippen molar-refractivity contribution >= 4 is 35.0 Å². The van der Waals surface area contributed by atoms with Gasteiger partial charge in [0, 0.05) is 15.5 Å². The van der Waals surface area contributed by atoms with Crippen molar-refractivity contribution in [2.75, 3.05) is 12.4 Å². The van der Waals surface area contributed by atoms with E-state index >= 15 is 0 Å². The van der Waals surface area contributed by atoms with Gasteiger partial charge in [-0.15, -0.1) is 23.1 Å². The van der Waals surface area contributed by atoms with E-state index in [1.54, 1.807) is 23.1 Å². The molecule has 2 rings (SSSR count). The summed E-state index contributed by atoms with van der Waals surface area (Å²) in [7, 11) is 0. The van der Waals surface area contributed by atoms with Gasteiger partial charge >= 0.3 is 5.97 Å². The van der Waals surface area contributed by atoms with Gasteiger partial charge in [0.15, 0.2) is 6.61 Å². The number of ether oxygens (including phenoxy) is 1. The Labute approximate surface area is 144 Å². The second kappa shape index (κ2) is 9.37. The molecule has 0 saturated carbocycles. The quantitative estimate of drug-likeness (QED) is 0.586. The molecule has 0 spiro atoms. The summed E-state index contributed by atoms with van der Waals surface area (Å²) in [6.45, 7) is 2.28. The minimum Gasteiger partial charge on any atom is -0.456 e. The minimum absolute atomic E-state index is 0.223. The molecule has 23 heavy (non-hydrogen) atoms. The Balaban J connectivity index is 1.57. The molecule has 0 unspecified atom stereocenters. The average Bonchev–Trinajstić information content (AvgIpc) is 3.06. The van der Waals surface area contributed by atoms with E-state index in [0.29, 0.717) is 12.3 Å². The Bertz CT molecular complexity index is 624. The van der Waals surface area contributed by atoms with Crippen LogP contribution in [0.4, 0.5) is 0 Å². The lowest BCUT2D eigenvalue weighted by Gasteiger charge is -2.06. The molecule has 0 radical (unpaired) electrons. The summed E-state index contributed by atoms with van der Waals surface area (Å²) in [6.07, 6.45) is 0.288. The third-order valence-electron chi connectivity index (χ3n) is 3.00. The largest absolute Gasteiger partial charge is 0.456 e. The molecule has 0 fully saturated rings. The van der Waals surface area contributed by atoms with Crippen molar-refractivity contribution in [3.8, 4) is 0 Å². The monoisotopic (exact) mass is 349 g/mol. The first-order valence-corrected chi connectivity index (χ1v) is 9.14. The maximum atomic E-state index is 11.6. The Morgan fingerprint density at radius 3 is 2.70 bits per heavy atom. The van der Waals surface area contributed by atoms with Gasteiger partial charge in [-0.2, -0.15) is 0 Å². The molecular formula is C17H19NO3S2. The van der Waals surface area contributed by atoms with Crippen LogP contribution < -0.4 is 5.32 Å². The summed E-state index contributed by atoms with van der Waals surface area (Å²) in [5, 5.41) is 4.67. The van der Waals surface area contributed by atoms with Gasteiger partial charge in [-0.1, -0.05) is 23.8 Å². The molecule has 0 aliphatic carbocycles. The number of aryl methyl sites for hydroxylation is 1. The topological polar surface area (TPSA) is 55.4 Å². The predicted molar refractivity (Wildman–Crippen MR) is 93.6 cm³/mol. The van der Waals surface area contributed by atoms with Crippen LogP contribution in [0.25, 0.3) is 0 Å². The van der Waals surface area contributed by atoms with Gasteiger partial charge < -0.3 is 10.1 Å². The van der Waals surface area contributed by atoms with E-state index in [4.69, 9.17) is 4.74 Å². The van der Waals surface area contributed by atoms with Crippen LogP contribution in [-0.4, -0.2) is 24.2 Å². The molecule has 0 saturated heterocycles. The Morgan fingerprint density at radius 1 is 1.22 bits per heavy atom. The predicted octanol–water partition coefficient (Wildman–Crippen LogP) is 3.40. The van der Waals surface area contributed by atoms with Gasteiger partial charge in [-0.05, 0) is 30.5 Å². The lowest BCUT2D eigenvalue weighted by atomic mass is 10.2. The molecule has 2 aromatic rings. The van der Waals surface area contributed by atoms with Gasteiger partial charge in [-0.3, -0.25) is 9.59 Å². The second-order valence-corrected chi connectivity index (χ2v) is 7.13. The van der Waals surface area contributed by atoms with Gasteiger partial charge in [-0.25, -0.2) is 0 Å². The second-order valence-electron chi connectivity index (χ2n) is 4.93. The first-order valence-electron chi connectivity index (χ1n) is 7.27. The molecule has 1 aromatic carbocycles. The fourth-order valence-corrected chi connectivity index (χ4v) is 3.23. The highest BCUT2D eigenvalue weighted by molar-refractivity contribution is 7.99. The molecular weight excluding hydrogens is 330 g/mol. The zero-order chi connectivity index (χ0) is 16.5. The molecule has 0 aliphatic heterocycles. The van der Waals surface area contributed by atoms with Crippen molar-refractivity contribution < 1.29 is 14.3 Å². The highest BCUT2D eigenvalue weighted by Gasteiger charge is 2.08. The Kier molecular flexibility index (Phi) is 7.16. The highest BCUT2D eigenvalue weighted by atomic mass is 32.2. The summed E-state index contributed by atoms with van der Waals surface area (Å²) in [5.74, 6) is 0.00689. The van der Waals surface area contributed by atoms with Crippen molar-refractivity contribution in [2.45, 2.75) is 24.8 Å². The van der Waals surface area contributed by atoms with Crippen molar-refractivity contribution in [3.63, 3.8) is 0 Å². The standard InChI is InChI=1S/C17H19NO3S2/c1-13-4-6-14(7-5-13)23-10-8-17(20)21-12-16(19)18-11-15-3-2-9-22-15/h2-7,9H,8,10-12H2,1H3,(H,18,19). The molecule has 0 bridgehead atoms. The summed E-state index contributed by atoms with van der Waals surface area (Å²) in [5.41, 5.74) is 1.21. The number of esters is 1. The third-order valence-corrected chi connectivity index (χ3v) is 4.89. The normalized spacial score (nSPS) is 10.3. The lowest BCUT2D eigenvalue weighted by Crippen LogP contribution is -2.28. The van der Waals surface area contributed by atoms with Crippen LogP contribution in [0.15, 0.2) is 46.7 Å². The van der Waals surface area contributed by atoms with Crippen LogP contribution >= 0.6 is 23.1 Å². The zero-order valence-electron chi connectivity index (χ0n) is 12.9. The summed E-state index contributed by atoms with van der Waals surface area (Å²) < 4.78 is 4.97. The average molecular weight is 349 g/mol. The van der Waals surface area contributed by atoms with E-state index in [1.165, 1.54) is 5.56 Å². The number of hydrogen-bond acceptors (Lipinski definition) is 5. The maximum Gasteiger partial charge on any atom is 0.307 e. The minimum atomic E-state index is -0.351. The van der Waals surface area contributed by atoms with Crippen molar-refractivity contribution in [1.82, 2.24) is 5.32 Å². The van der Waals surface area contributed by atoms with E-state index in [2.05, 4.69) is 5.32 Å². The molecule has 0 atom stereocenters. The zero-order valence-corrected chi connectivity index (χ0v) is 14.5. The first-order chi connectivity index (χ1) is 11.1. The van der Waals surface area contributed by atoms with Crippen LogP contribution in [0.5, 0.6) is 0 Å². The maximum absolute atomic E-state index is 11.6. The summed E-state index contributed by atoms with van der Waals surface area (Å²) in [4.78, 5) is 25.4. The molecule has 4 nitrogen and oxygen atoms in total. The molecule has 0 aliphatic rings. The van der Waals surface area contributed by atoms with Crippen LogP contribution in [0, 0.1) is 6.92 Å². The van der Waals surface area contributed by atoms with Gasteiger partial charge in [0.2, 0.25) is 0 Å². The Morgan fingerprint density at radius 2 is 2.00 bits per heavy atom. The van der Waals surface area contributed by atoms with Crippen LogP contribution in [-0.2, 0) is 20.9 Å². The van der Waals surface area contributed by atoms with E-state index in [-0.39, 0.29) is 24.9 Å². The molecule has 6 heteroatoms. The van der Waals surface area contributed by atoms with Crippen LogP contribution in [0.2, 0.25) is 0 Å². The van der Waals surface area contributed by atoms with Crippen molar-refractivity contribution in [2.24, 2.45) is 0 Å². The molecule has 1 amide bonds. The van der Waals surface area contributed by atoms with Crippen LogP contribution in [0.3, 0.4) is 0 Å². The number of nitrogens with one attached hydrogen (secondary N) is 1. The van der Waals surface area contributed by atoms with E-state index in [9.17, 15) is 9.59 Å². The van der Waals surface area contributed by atoms with Crippen LogP contribution in [0.1, 0.15) is 16.9 Å². The summed E-state index contributed by atoms with van der Waals surface area (Å²) in [6, 6.07) is 12.0. The number of carbonyl (C=O) groups excluding carboxylic acids is 2. The number of thioether (sulfide) groups is 1. The number of benzene rings is 1. The first kappa shape index (κ1) is 17.6. The highest BCUT2D eigenvalue weighted by Crippen LogP contribution is 2.19. The summed E-state index contributed by atoms with van der Waals surface area (Å²) >= 11 is 3.17. The van der Waals surface area contributed by atoms with Gasteiger partial charge in [0.25, 0.3) is 5.91 Å². The fraction of sp³-hybridized carbons (Fsp3) is 0.294. The van der Waals surface area contributed by atoms with Crippen molar-refractivity contribution in [3.05, 3.63) is 52.2 Å². The van der Waals surface area contributed by atoms with Crippen molar-refractivity contribution in [1.29, 1.82) is 0 Å². The molecule has 1 N–H and O–H groups in total. The number of rotatable bonds is 8. The fourth-order valence-electron chi connectivity index (χ4n) is 1.75. The van der Waals surface area contributed by atoms with E-state index in [0.717, 1.165) is 9.77 Å². The number of amides is 1. The van der Waals surface area contributed by atoms with E-state index in [1.807, 2.05) is 48.7 Å². The molecule has 1 aromatic heterocycles. The SMILES string of the molecule is Cc1ccc(SCCC(=O)OCC(=O)NCc2cccs2)cc1. The molecule has 1 heterocycles. The lowest BCUT2D eigenvalue weighted by molar-refractivity contribution is -0.148. The number of hydrogen-bond donors (Lipinski definition) is 1. The number of thiophene rings is 1. The van der Waals surface area contributed by atoms with Gasteiger partial charge in [0.05, 0.1) is 13.0 Å². The number of carbonyl (C=O) groups is 2. The Hall–Kier alpha value is -1.79. The third kappa shape index (κ3) is 6.88. The van der Waals surface area contributed by atoms with E-state index < -0.39 is 0 Å². The van der Waals surface area contributed by atoms with Gasteiger partial charge in [0.1, 0.15) is 0 Å².